The van der Waals surface area contributed by atoms with Crippen LogP contribution in [0, 0.1) is 45.4 Å². The van der Waals surface area contributed by atoms with Gasteiger partial charge in [-0.1, -0.05) is 78.8 Å². The molecule has 5 heterocycles. The van der Waals surface area contributed by atoms with E-state index >= 15 is 0 Å². The van der Waals surface area contributed by atoms with Gasteiger partial charge in [0, 0.05) is 5.56 Å². The van der Waals surface area contributed by atoms with Gasteiger partial charge in [0.2, 0.25) is 0 Å². The van der Waals surface area contributed by atoms with Gasteiger partial charge in [0.1, 0.15) is 5.92 Å². The average molecular weight is 545 g/mol. The zero-order valence-electron chi connectivity index (χ0n) is 24.1. The largest absolute Gasteiger partial charge is 2.00 e. The van der Waals surface area contributed by atoms with E-state index < -0.39 is 17.7 Å². The van der Waals surface area contributed by atoms with Crippen LogP contribution in [0.4, 0.5) is 0 Å². The minimum Gasteiger partial charge on any atom is -0.664 e. The number of aromatic nitrogens is 3. The smallest absolute Gasteiger partial charge is 0.664 e. The van der Waals surface area contributed by atoms with Crippen LogP contribution in [0.15, 0.2) is 11.4 Å². The van der Waals surface area contributed by atoms with Crippen molar-refractivity contribution in [2.45, 2.75) is 61.3 Å². The van der Waals surface area contributed by atoms with Gasteiger partial charge in [-0.05, 0) is 46.0 Å². The van der Waals surface area contributed by atoms with E-state index in [1.165, 1.54) is 0 Å². The third-order valence-corrected chi connectivity index (χ3v) is 9.06. The summed E-state index contributed by atoms with van der Waals surface area (Å²) in [6.45, 7) is 14.4. The zero-order valence-corrected chi connectivity index (χ0v) is 25.6. The SMILES string of the molecule is CCc1c(C)/c2[n-]/c1=C\c1[n-]c3c(c1C)C(=O)[C@H](C(=O)O)/C3=C1/[N-]/C(=C\c3[n-]c(c(C)c3C)\C=2)[C@@H](C)[C@@H]1CC.[Mg+2]. The maximum atomic E-state index is 13.6. The Morgan fingerprint density at radius 3 is 2.12 bits per heavy atom. The molecule has 3 aromatic heterocycles. The Morgan fingerprint density at radius 2 is 1.50 bits per heavy atom. The van der Waals surface area contributed by atoms with Crippen molar-refractivity contribution in [2.75, 3.05) is 0 Å². The topological polar surface area (TPSA) is 111 Å². The van der Waals surface area contributed by atoms with Gasteiger partial charge < -0.3 is 25.4 Å². The first kappa shape index (κ1) is 28.3. The number of carbonyl (C=O) groups is 2. The van der Waals surface area contributed by atoms with Crippen LogP contribution >= 0.6 is 0 Å². The molecule has 6 rings (SSSR count). The van der Waals surface area contributed by atoms with Crippen molar-refractivity contribution in [3.05, 3.63) is 83.6 Å². The quantitative estimate of drug-likeness (QED) is 0.398. The van der Waals surface area contributed by atoms with Crippen molar-refractivity contribution in [3.8, 4) is 0 Å². The molecule has 0 saturated carbocycles. The summed E-state index contributed by atoms with van der Waals surface area (Å²) in [6.07, 6.45) is 7.58. The van der Waals surface area contributed by atoms with Crippen LogP contribution in [-0.4, -0.2) is 39.9 Å². The van der Waals surface area contributed by atoms with Gasteiger partial charge in [-0.15, -0.1) is 33.5 Å². The number of Topliss-reactive ketones (excluding diaryl/α,β-unsaturated/α-hetero) is 1. The molecule has 0 aromatic carbocycles. The molecule has 0 spiro atoms. The maximum Gasteiger partial charge on any atom is 2.00 e. The standard InChI is InChI=1S/C32H34N4O3.Mg/c1-8-18-15(5)22-10-20-13(3)14(4)21(33-20)11-23-16(6)19(9-2)29(35-23)27-28(32(38)39)31(37)26-17(7)24(36-30(26)27)12-25(18)34-22;/h10-12,16,19,28H,8-9H2,1-7H3,(H3,35,36,37,38,39);/q-2;+2/p-2/b22-10-,23-11-,25-12-;/t16-,19-,28+;/m0./s1. The molecule has 0 radical (unpaired) electrons. The minimum atomic E-state index is -1.30. The number of aliphatic carboxylic acids is 1. The Labute approximate surface area is 250 Å². The number of carboxylic acids is 1. The molecule has 7 nitrogen and oxygen atoms in total. The fourth-order valence-electron chi connectivity index (χ4n) is 6.55. The summed E-state index contributed by atoms with van der Waals surface area (Å²) < 4.78 is 0. The zero-order chi connectivity index (χ0) is 27.9. The van der Waals surface area contributed by atoms with Crippen LogP contribution in [0.1, 0.15) is 88.1 Å². The fraction of sp³-hybridized carbons (Fsp3) is 0.375. The second kappa shape index (κ2) is 9.99. The summed E-state index contributed by atoms with van der Waals surface area (Å²) in [6, 6.07) is 0. The molecule has 1 aliphatic carbocycles. The number of carboxylic acid groups (broad SMARTS) is 1. The number of rotatable bonds is 3. The minimum absolute atomic E-state index is 0. The van der Waals surface area contributed by atoms with Gasteiger partial charge in [-0.3, -0.25) is 9.59 Å². The van der Waals surface area contributed by atoms with Gasteiger partial charge >= 0.3 is 29.0 Å². The molecule has 3 atom stereocenters. The van der Waals surface area contributed by atoms with Gasteiger partial charge in [0.15, 0.2) is 5.78 Å². The number of hydrogen-bond acceptors (Lipinski definition) is 2. The molecular formula is C32H32MgN4O3-2. The van der Waals surface area contributed by atoms with Crippen LogP contribution in [0.3, 0.4) is 0 Å². The van der Waals surface area contributed by atoms with Gasteiger partial charge in [0.25, 0.3) is 0 Å². The maximum absolute atomic E-state index is 13.6. The molecule has 0 amide bonds. The number of hydrogen-bond donors (Lipinski definition) is 1. The van der Waals surface area contributed by atoms with E-state index in [9.17, 15) is 14.7 Å². The molecule has 8 bridgehead atoms. The van der Waals surface area contributed by atoms with Crippen molar-refractivity contribution in [1.82, 2.24) is 15.0 Å². The van der Waals surface area contributed by atoms with Crippen LogP contribution in [0.25, 0.3) is 29.1 Å². The predicted octanol–water partition coefficient (Wildman–Crippen LogP) is 3.64. The Kier molecular flexibility index (Phi) is 7.07. The van der Waals surface area contributed by atoms with Crippen molar-refractivity contribution in [3.63, 3.8) is 0 Å². The first-order chi connectivity index (χ1) is 18.6. The molecule has 2 aliphatic heterocycles. The Bertz CT molecular complexity index is 1780. The first-order valence-corrected chi connectivity index (χ1v) is 13.7. The van der Waals surface area contributed by atoms with Crippen molar-refractivity contribution >= 4 is 58.6 Å². The van der Waals surface area contributed by atoms with E-state index in [0.29, 0.717) is 33.8 Å². The second-order valence-electron chi connectivity index (χ2n) is 11.0. The Morgan fingerprint density at radius 1 is 0.875 bits per heavy atom. The van der Waals surface area contributed by atoms with Crippen molar-refractivity contribution < 1.29 is 14.7 Å². The molecule has 3 aliphatic rings. The van der Waals surface area contributed by atoms with E-state index in [0.717, 1.165) is 62.9 Å². The first-order valence-electron chi connectivity index (χ1n) is 13.7. The molecule has 40 heavy (non-hydrogen) atoms. The van der Waals surface area contributed by atoms with Crippen molar-refractivity contribution in [2.24, 2.45) is 17.8 Å². The van der Waals surface area contributed by atoms with Crippen LogP contribution < -0.4 is 25.7 Å². The van der Waals surface area contributed by atoms with Gasteiger partial charge in [0.05, 0.1) is 0 Å². The molecule has 1 fully saturated rings. The van der Waals surface area contributed by atoms with E-state index in [4.69, 9.17) is 20.3 Å². The third-order valence-electron chi connectivity index (χ3n) is 9.06. The summed E-state index contributed by atoms with van der Waals surface area (Å²) in [4.78, 5) is 41.0. The number of allylic oxidation sites excluding steroid dienone is 2. The predicted molar refractivity (Wildman–Crippen MR) is 156 cm³/mol. The molecule has 0 unspecified atom stereocenters. The monoisotopic (exact) mass is 544 g/mol. The summed E-state index contributed by atoms with van der Waals surface area (Å²) in [7, 11) is 0. The molecule has 1 saturated heterocycles. The van der Waals surface area contributed by atoms with Gasteiger partial charge in [-0.2, -0.15) is 11.4 Å². The van der Waals surface area contributed by atoms with Gasteiger partial charge in [-0.25, -0.2) is 0 Å². The Hall–Kier alpha value is -3.23. The summed E-state index contributed by atoms with van der Waals surface area (Å²) in [5.41, 5.74) is 10.3. The van der Waals surface area contributed by atoms with Crippen LogP contribution in [0.5, 0.6) is 0 Å². The molecule has 1 N–H and O–H groups in total. The van der Waals surface area contributed by atoms with Crippen LogP contribution in [0.2, 0.25) is 0 Å². The van der Waals surface area contributed by atoms with Crippen molar-refractivity contribution in [1.29, 1.82) is 0 Å². The molecule has 3 aromatic rings. The summed E-state index contributed by atoms with van der Waals surface area (Å²) in [5.74, 6) is -2.85. The number of fused-ring (bicyclic) bond motifs is 7. The number of ketones is 1. The van der Waals surface area contributed by atoms with E-state index in [2.05, 4.69) is 47.6 Å². The average Bonchev–Trinajstić information content (AvgIpc) is 3.62. The summed E-state index contributed by atoms with van der Waals surface area (Å²) in [5, 5.41) is 16.9. The molecule has 8 heteroatoms. The third kappa shape index (κ3) is 3.90. The fourth-order valence-corrected chi connectivity index (χ4v) is 6.55. The van der Waals surface area contributed by atoms with E-state index in [1.807, 2.05) is 19.1 Å². The second-order valence-corrected chi connectivity index (χ2v) is 11.0. The van der Waals surface area contributed by atoms with E-state index in [-0.39, 0.29) is 34.9 Å². The Balaban J connectivity index is 0.00000323. The summed E-state index contributed by atoms with van der Waals surface area (Å²) >= 11 is 0. The normalized spacial score (nSPS) is 25.8. The van der Waals surface area contributed by atoms with Crippen LogP contribution in [-0.2, 0) is 11.2 Å². The molecular weight excluding hydrogens is 513 g/mol. The number of nitrogens with zero attached hydrogens (tertiary/aromatic N) is 4. The molecule has 202 valence electrons. The van der Waals surface area contributed by atoms with E-state index in [1.54, 1.807) is 0 Å². The number of carbonyl (C=O) groups excluding carboxylic acids is 1.